The smallest absolute Gasteiger partial charge is 0.332 e. The Balaban J connectivity index is 2.63. The summed E-state index contributed by atoms with van der Waals surface area (Å²) in [5.41, 5.74) is 3.76. The van der Waals surface area contributed by atoms with Crippen molar-refractivity contribution in [2.24, 2.45) is 14.1 Å². The normalized spacial score (nSPS) is 10.5. The monoisotopic (exact) mass is 344 g/mol. The number of ketones is 1. The highest BCUT2D eigenvalue weighted by Crippen LogP contribution is 2.07. The van der Waals surface area contributed by atoms with Crippen molar-refractivity contribution in [3.63, 3.8) is 0 Å². The van der Waals surface area contributed by atoms with Gasteiger partial charge in [-0.3, -0.25) is 23.5 Å². The Morgan fingerprint density at radius 3 is 2.32 bits per heavy atom. The van der Waals surface area contributed by atoms with Crippen LogP contribution in [0.5, 0.6) is 0 Å². The average Bonchev–Trinajstić information content (AvgIpc) is 2.57. The van der Waals surface area contributed by atoms with Gasteiger partial charge in [0.2, 0.25) is 0 Å². The van der Waals surface area contributed by atoms with E-state index >= 15 is 0 Å². The lowest BCUT2D eigenvalue weighted by Gasteiger charge is -2.12. The second-order valence-electron chi connectivity index (χ2n) is 5.55. The summed E-state index contributed by atoms with van der Waals surface area (Å²) in [7, 11) is 2.54. The van der Waals surface area contributed by atoms with Gasteiger partial charge >= 0.3 is 5.69 Å². The Bertz CT molecular complexity index is 1110. The van der Waals surface area contributed by atoms with Crippen LogP contribution in [0.2, 0.25) is 0 Å². The fraction of sp³-hybridized carbons (Fsp3) is 0.333. The summed E-state index contributed by atoms with van der Waals surface area (Å²) in [6.45, 7) is 2.59. The van der Waals surface area contributed by atoms with Crippen LogP contribution in [-0.2, 0) is 20.6 Å². The highest BCUT2D eigenvalue weighted by molar-refractivity contribution is 5.99. The molecule has 0 aliphatic heterocycles. The second-order valence-corrected chi connectivity index (χ2v) is 5.55. The molecule has 0 saturated carbocycles. The van der Waals surface area contributed by atoms with E-state index in [9.17, 15) is 19.2 Å². The standard InChI is InChI=1S/C15H16N6O4/c1-7-8(2)18-21(13(23)9(7)5-16)6-10(22)11-12(17)19(3)15(25)20(4)14(11)24/h6,17H2,1-4H3. The van der Waals surface area contributed by atoms with Crippen molar-refractivity contribution in [3.05, 3.63) is 53.6 Å². The number of anilines is 1. The first-order valence-electron chi connectivity index (χ1n) is 7.18. The molecule has 0 aromatic carbocycles. The molecule has 10 nitrogen and oxygen atoms in total. The molecule has 25 heavy (non-hydrogen) atoms. The molecule has 130 valence electrons. The number of nitrogen functional groups attached to an aromatic ring is 1. The Morgan fingerprint density at radius 1 is 1.16 bits per heavy atom. The minimum absolute atomic E-state index is 0.123. The molecule has 2 aromatic heterocycles. The Labute approximate surface area is 141 Å². The fourth-order valence-corrected chi connectivity index (χ4v) is 2.35. The number of hydrogen-bond donors (Lipinski definition) is 1. The van der Waals surface area contributed by atoms with Gasteiger partial charge in [-0.05, 0) is 19.4 Å². The fourth-order valence-electron chi connectivity index (χ4n) is 2.35. The molecule has 0 aliphatic rings. The molecule has 0 radical (unpaired) electrons. The van der Waals surface area contributed by atoms with Crippen LogP contribution in [0.15, 0.2) is 14.4 Å². The van der Waals surface area contributed by atoms with Gasteiger partial charge in [-0.25, -0.2) is 9.48 Å². The van der Waals surface area contributed by atoms with Crippen molar-refractivity contribution >= 4 is 11.6 Å². The van der Waals surface area contributed by atoms with Crippen molar-refractivity contribution < 1.29 is 4.79 Å². The van der Waals surface area contributed by atoms with E-state index in [0.717, 1.165) is 13.8 Å². The van der Waals surface area contributed by atoms with Crippen molar-refractivity contribution in [2.45, 2.75) is 20.4 Å². The molecule has 0 amide bonds. The molecule has 0 unspecified atom stereocenters. The predicted molar refractivity (Wildman–Crippen MR) is 88.4 cm³/mol. The van der Waals surface area contributed by atoms with E-state index in [-0.39, 0.29) is 11.4 Å². The lowest BCUT2D eigenvalue weighted by Crippen LogP contribution is -2.42. The van der Waals surface area contributed by atoms with Gasteiger partial charge in [0.05, 0.1) is 5.69 Å². The number of carbonyl (C=O) groups is 1. The summed E-state index contributed by atoms with van der Waals surface area (Å²) >= 11 is 0. The van der Waals surface area contributed by atoms with Gasteiger partial charge in [0.15, 0.2) is 5.78 Å². The number of Topliss-reactive ketones (excluding diaryl/α,β-unsaturated/α-hetero) is 1. The van der Waals surface area contributed by atoms with Gasteiger partial charge in [-0.15, -0.1) is 0 Å². The van der Waals surface area contributed by atoms with Crippen LogP contribution in [0.4, 0.5) is 5.82 Å². The number of nitriles is 1. The summed E-state index contributed by atoms with van der Waals surface area (Å²) in [6.07, 6.45) is 0. The lowest BCUT2D eigenvalue weighted by molar-refractivity contribution is 0.0963. The molecule has 2 heterocycles. The molecule has 10 heteroatoms. The van der Waals surface area contributed by atoms with E-state index in [1.54, 1.807) is 19.9 Å². The molecule has 2 aromatic rings. The van der Waals surface area contributed by atoms with Gasteiger partial charge in [0.1, 0.15) is 29.6 Å². The van der Waals surface area contributed by atoms with E-state index in [1.165, 1.54) is 14.1 Å². The maximum Gasteiger partial charge on any atom is 0.332 e. The number of nitrogens with two attached hydrogens (primary N) is 1. The van der Waals surface area contributed by atoms with Crippen LogP contribution in [0.25, 0.3) is 0 Å². The Kier molecular flexibility index (Phi) is 4.43. The molecule has 0 bridgehead atoms. The average molecular weight is 344 g/mol. The van der Waals surface area contributed by atoms with Crippen molar-refractivity contribution in [1.29, 1.82) is 5.26 Å². The second kappa shape index (κ2) is 6.20. The largest absolute Gasteiger partial charge is 0.384 e. The minimum Gasteiger partial charge on any atom is -0.384 e. The quantitative estimate of drug-likeness (QED) is 0.673. The van der Waals surface area contributed by atoms with Crippen LogP contribution in [0.1, 0.15) is 27.2 Å². The van der Waals surface area contributed by atoms with Gasteiger partial charge in [0.25, 0.3) is 11.1 Å². The zero-order chi connectivity index (χ0) is 19.0. The number of nitrogens with zero attached hydrogens (tertiary/aromatic N) is 5. The summed E-state index contributed by atoms with van der Waals surface area (Å²) < 4.78 is 2.53. The Morgan fingerprint density at radius 2 is 1.76 bits per heavy atom. The molecular formula is C15H16N6O4. The van der Waals surface area contributed by atoms with Gasteiger partial charge < -0.3 is 5.73 Å². The van der Waals surface area contributed by atoms with Crippen molar-refractivity contribution in [3.8, 4) is 6.07 Å². The van der Waals surface area contributed by atoms with Crippen LogP contribution >= 0.6 is 0 Å². The van der Waals surface area contributed by atoms with Crippen LogP contribution < -0.4 is 22.5 Å². The molecule has 2 N–H and O–H groups in total. The lowest BCUT2D eigenvalue weighted by atomic mass is 10.1. The Hall–Kier alpha value is -3.48. The first kappa shape index (κ1) is 17.9. The third-order valence-corrected chi connectivity index (χ3v) is 4.03. The molecule has 0 atom stereocenters. The van der Waals surface area contributed by atoms with Crippen LogP contribution in [-0.4, -0.2) is 24.7 Å². The van der Waals surface area contributed by atoms with E-state index < -0.39 is 34.7 Å². The maximum absolute atomic E-state index is 12.5. The SMILES string of the molecule is Cc1nn(CC(=O)c2c(N)n(C)c(=O)n(C)c2=O)c(=O)c(C#N)c1C. The van der Waals surface area contributed by atoms with Crippen LogP contribution in [0, 0.1) is 25.2 Å². The van der Waals surface area contributed by atoms with Crippen LogP contribution in [0.3, 0.4) is 0 Å². The van der Waals surface area contributed by atoms with E-state index in [2.05, 4.69) is 5.10 Å². The first-order valence-corrected chi connectivity index (χ1v) is 7.18. The third kappa shape index (κ3) is 2.76. The van der Waals surface area contributed by atoms with Gasteiger partial charge in [-0.2, -0.15) is 10.4 Å². The summed E-state index contributed by atoms with van der Waals surface area (Å²) in [4.78, 5) is 48.8. The highest BCUT2D eigenvalue weighted by Gasteiger charge is 2.22. The third-order valence-electron chi connectivity index (χ3n) is 4.03. The number of aromatic nitrogens is 4. The molecule has 0 aliphatic carbocycles. The topological polar surface area (TPSA) is 146 Å². The van der Waals surface area contributed by atoms with Crippen molar-refractivity contribution in [2.75, 3.05) is 5.73 Å². The number of hydrogen-bond acceptors (Lipinski definition) is 7. The van der Waals surface area contributed by atoms with E-state index in [4.69, 9.17) is 11.0 Å². The predicted octanol–water partition coefficient (Wildman–Crippen LogP) is -1.41. The minimum atomic E-state index is -0.858. The van der Waals surface area contributed by atoms with Crippen molar-refractivity contribution in [1.82, 2.24) is 18.9 Å². The first-order chi connectivity index (χ1) is 11.6. The molecule has 0 fully saturated rings. The summed E-state index contributed by atoms with van der Waals surface area (Å²) in [5.74, 6) is -1.08. The molecular weight excluding hydrogens is 328 g/mol. The molecule has 0 saturated heterocycles. The number of aryl methyl sites for hydroxylation is 1. The van der Waals surface area contributed by atoms with Gasteiger partial charge in [0, 0.05) is 14.1 Å². The van der Waals surface area contributed by atoms with Gasteiger partial charge in [-0.1, -0.05) is 0 Å². The molecule has 0 spiro atoms. The maximum atomic E-state index is 12.5. The van der Waals surface area contributed by atoms with E-state index in [1.807, 2.05) is 0 Å². The zero-order valence-electron chi connectivity index (χ0n) is 14.2. The summed E-state index contributed by atoms with van der Waals surface area (Å²) in [5, 5.41) is 13.1. The highest BCUT2D eigenvalue weighted by atomic mass is 16.2. The number of rotatable bonds is 3. The molecule has 2 rings (SSSR count). The zero-order valence-corrected chi connectivity index (χ0v) is 14.2. The number of carbonyl (C=O) groups excluding carboxylic acids is 1. The van der Waals surface area contributed by atoms with E-state index in [0.29, 0.717) is 11.3 Å². The summed E-state index contributed by atoms with van der Waals surface area (Å²) in [6, 6.07) is 1.79.